The van der Waals surface area contributed by atoms with E-state index in [0.717, 1.165) is 19.3 Å². The van der Waals surface area contributed by atoms with Crippen LogP contribution in [0.2, 0.25) is 0 Å². The molecule has 0 saturated carbocycles. The van der Waals surface area contributed by atoms with Gasteiger partial charge >= 0.3 is 0 Å². The van der Waals surface area contributed by atoms with Crippen LogP contribution in [0.25, 0.3) is 0 Å². The van der Waals surface area contributed by atoms with E-state index >= 15 is 0 Å². The number of unbranched alkanes of at least 4 members (excludes halogenated alkanes) is 10. The van der Waals surface area contributed by atoms with Gasteiger partial charge in [0.1, 0.15) is 12.7 Å². The second-order valence-corrected chi connectivity index (χ2v) is 9.19. The van der Waals surface area contributed by atoms with Crippen LogP contribution in [0.4, 0.5) is 0 Å². The minimum Gasteiger partial charge on any atom is -0.331 e. The fourth-order valence-corrected chi connectivity index (χ4v) is 3.10. The molecule has 0 aliphatic rings. The Morgan fingerprint density at radius 1 is 0.926 bits per heavy atom. The molecule has 156 valence electrons. The molecule has 0 fully saturated rings. The lowest BCUT2D eigenvalue weighted by atomic mass is 10.1. The Hall–Kier alpha value is -0.720. The minimum absolute atomic E-state index is 0.150. The van der Waals surface area contributed by atoms with Crippen LogP contribution in [-0.4, -0.2) is 30.7 Å². The van der Waals surface area contributed by atoms with Crippen LogP contribution >= 0.6 is 34.8 Å². The van der Waals surface area contributed by atoms with Crippen molar-refractivity contribution < 1.29 is 4.79 Å². The average molecular weight is 441 g/mol. The predicted molar refractivity (Wildman–Crippen MR) is 113 cm³/mol. The van der Waals surface area contributed by atoms with Crippen molar-refractivity contribution in [2.45, 2.75) is 93.9 Å². The zero-order valence-corrected chi connectivity index (χ0v) is 18.4. The highest BCUT2D eigenvalue weighted by atomic mass is 35.6. The summed E-state index contributed by atoms with van der Waals surface area (Å²) in [4.78, 5) is 12.1. The number of nitrogens with one attached hydrogen (secondary N) is 2. The van der Waals surface area contributed by atoms with Crippen LogP contribution < -0.4 is 10.7 Å². The number of alkyl halides is 3. The number of hydrogen-bond acceptors (Lipinski definition) is 4. The molecular weight excluding hydrogens is 409 g/mol. The van der Waals surface area contributed by atoms with Gasteiger partial charge in [-0.15, -0.1) is 10.2 Å². The van der Waals surface area contributed by atoms with Crippen LogP contribution in [0.3, 0.4) is 0 Å². The first-order valence-corrected chi connectivity index (χ1v) is 11.0. The van der Waals surface area contributed by atoms with Gasteiger partial charge in [-0.3, -0.25) is 10.2 Å². The summed E-state index contributed by atoms with van der Waals surface area (Å²) in [5, 5.41) is 10.0. The summed E-state index contributed by atoms with van der Waals surface area (Å²) in [5.74, 6) is -0.150. The van der Waals surface area contributed by atoms with E-state index in [1.54, 1.807) is 0 Å². The number of carbonyl (C=O) groups is 1. The lowest BCUT2D eigenvalue weighted by molar-refractivity contribution is -0.121. The Kier molecular flexibility index (Phi) is 12.9. The first kappa shape index (κ1) is 24.3. The lowest BCUT2D eigenvalue weighted by Gasteiger charge is -2.27. The minimum atomic E-state index is -1.70. The van der Waals surface area contributed by atoms with Crippen LogP contribution in [-0.2, 0) is 4.79 Å². The lowest BCUT2D eigenvalue weighted by Crippen LogP contribution is -2.51. The molecule has 27 heavy (non-hydrogen) atoms. The van der Waals surface area contributed by atoms with Gasteiger partial charge in [0.15, 0.2) is 6.17 Å². The van der Waals surface area contributed by atoms with Crippen LogP contribution in [0, 0.1) is 0 Å². The van der Waals surface area contributed by atoms with Gasteiger partial charge in [-0.25, -0.2) is 4.68 Å². The van der Waals surface area contributed by atoms with Gasteiger partial charge in [-0.05, 0) is 6.42 Å². The van der Waals surface area contributed by atoms with Crippen LogP contribution in [0.5, 0.6) is 0 Å². The Morgan fingerprint density at radius 3 is 1.89 bits per heavy atom. The fourth-order valence-electron chi connectivity index (χ4n) is 2.79. The van der Waals surface area contributed by atoms with Crippen molar-refractivity contribution in [2.75, 3.05) is 5.43 Å². The second kappa shape index (κ2) is 14.3. The van der Waals surface area contributed by atoms with Crippen molar-refractivity contribution in [1.82, 2.24) is 20.2 Å². The van der Waals surface area contributed by atoms with E-state index in [0.29, 0.717) is 6.42 Å². The number of halogens is 3. The van der Waals surface area contributed by atoms with Gasteiger partial charge in [0.2, 0.25) is 9.70 Å². The number of amides is 1. The highest BCUT2D eigenvalue weighted by Gasteiger charge is 2.34. The highest BCUT2D eigenvalue weighted by Crippen LogP contribution is 2.29. The average Bonchev–Trinajstić information content (AvgIpc) is 3.11. The highest BCUT2D eigenvalue weighted by molar-refractivity contribution is 6.68. The van der Waals surface area contributed by atoms with Crippen molar-refractivity contribution >= 4 is 40.7 Å². The number of nitrogens with zero attached hydrogens (tertiary/aromatic N) is 3. The molecule has 9 heteroatoms. The molecule has 0 saturated heterocycles. The third-order valence-electron chi connectivity index (χ3n) is 4.34. The van der Waals surface area contributed by atoms with E-state index in [1.165, 1.54) is 68.7 Å². The molecular formula is C18H32Cl3N5O. The zero-order valence-electron chi connectivity index (χ0n) is 16.1. The third kappa shape index (κ3) is 12.4. The SMILES string of the molecule is CCCCCCCCCCCCCC(=O)NC(Nn1cnnc1)C(Cl)(Cl)Cl. The van der Waals surface area contributed by atoms with E-state index in [-0.39, 0.29) is 5.91 Å². The first-order chi connectivity index (χ1) is 12.9. The monoisotopic (exact) mass is 439 g/mol. The van der Waals surface area contributed by atoms with E-state index in [1.807, 2.05) is 0 Å². The normalized spacial score (nSPS) is 12.7. The van der Waals surface area contributed by atoms with E-state index in [2.05, 4.69) is 27.9 Å². The molecule has 1 unspecified atom stereocenters. The van der Waals surface area contributed by atoms with Gasteiger partial charge in [0.25, 0.3) is 0 Å². The smallest absolute Gasteiger partial charge is 0.229 e. The molecule has 1 aromatic rings. The fraction of sp³-hybridized carbons (Fsp3) is 0.833. The number of hydrogen-bond donors (Lipinski definition) is 2. The molecule has 1 rings (SSSR count). The van der Waals surface area contributed by atoms with Crippen molar-refractivity contribution in [3.05, 3.63) is 12.7 Å². The maximum atomic E-state index is 12.1. The van der Waals surface area contributed by atoms with E-state index in [4.69, 9.17) is 34.8 Å². The Labute approximate surface area is 177 Å². The largest absolute Gasteiger partial charge is 0.331 e. The van der Waals surface area contributed by atoms with Gasteiger partial charge in [-0.2, -0.15) is 0 Å². The quantitative estimate of drug-likeness (QED) is 0.219. The van der Waals surface area contributed by atoms with Crippen molar-refractivity contribution in [1.29, 1.82) is 0 Å². The molecule has 1 amide bonds. The predicted octanol–water partition coefficient (Wildman–Crippen LogP) is 5.34. The van der Waals surface area contributed by atoms with Crippen molar-refractivity contribution in [3.8, 4) is 0 Å². The molecule has 0 aliphatic carbocycles. The standard InChI is InChI=1S/C18H32Cl3N5O/c1-2-3-4-5-6-7-8-9-10-11-12-13-16(27)24-17(18(19,20)21)25-26-14-22-23-15-26/h14-15,17,25H,2-13H2,1H3,(H,24,27). The molecule has 1 aromatic heterocycles. The van der Waals surface area contributed by atoms with Gasteiger partial charge in [0, 0.05) is 6.42 Å². The Balaban J connectivity index is 2.09. The molecule has 2 N–H and O–H groups in total. The Bertz CT molecular complexity index is 494. The molecule has 0 radical (unpaired) electrons. The zero-order chi connectivity index (χ0) is 20.0. The van der Waals surface area contributed by atoms with E-state index < -0.39 is 9.96 Å². The molecule has 0 spiro atoms. The molecule has 0 aromatic carbocycles. The summed E-state index contributed by atoms with van der Waals surface area (Å²) in [5.41, 5.74) is 2.84. The summed E-state index contributed by atoms with van der Waals surface area (Å²) < 4.78 is -0.272. The number of carbonyl (C=O) groups excluding carboxylic acids is 1. The van der Waals surface area contributed by atoms with E-state index in [9.17, 15) is 4.79 Å². The molecule has 0 bridgehead atoms. The topological polar surface area (TPSA) is 71.8 Å². The van der Waals surface area contributed by atoms with Gasteiger partial charge < -0.3 is 5.32 Å². The summed E-state index contributed by atoms with van der Waals surface area (Å²) in [6.07, 6.45) is 16.0. The van der Waals surface area contributed by atoms with Gasteiger partial charge in [-0.1, -0.05) is 106 Å². The Morgan fingerprint density at radius 2 is 1.41 bits per heavy atom. The van der Waals surface area contributed by atoms with Gasteiger partial charge in [0.05, 0.1) is 0 Å². The molecule has 6 nitrogen and oxygen atoms in total. The summed E-state index contributed by atoms with van der Waals surface area (Å²) in [6, 6.07) is 0. The number of aromatic nitrogens is 3. The molecule has 1 atom stereocenters. The third-order valence-corrected chi connectivity index (χ3v) is 4.99. The number of rotatable bonds is 15. The summed E-state index contributed by atoms with van der Waals surface area (Å²) in [6.45, 7) is 2.24. The van der Waals surface area contributed by atoms with Crippen molar-refractivity contribution in [3.63, 3.8) is 0 Å². The van der Waals surface area contributed by atoms with Crippen molar-refractivity contribution in [2.24, 2.45) is 0 Å². The maximum Gasteiger partial charge on any atom is 0.229 e. The first-order valence-electron chi connectivity index (χ1n) is 9.90. The second-order valence-electron chi connectivity index (χ2n) is 6.83. The maximum absolute atomic E-state index is 12.1. The van der Waals surface area contributed by atoms with Crippen LogP contribution in [0.1, 0.15) is 84.0 Å². The summed E-state index contributed by atoms with van der Waals surface area (Å²) >= 11 is 17.8. The van der Waals surface area contributed by atoms with Crippen LogP contribution in [0.15, 0.2) is 12.7 Å². The molecule has 0 aliphatic heterocycles. The summed E-state index contributed by atoms with van der Waals surface area (Å²) in [7, 11) is 0. The molecule has 1 heterocycles.